The van der Waals surface area contributed by atoms with Crippen molar-refractivity contribution in [2.24, 2.45) is 0 Å². The van der Waals surface area contributed by atoms with Crippen LogP contribution in [-0.4, -0.2) is 4.98 Å². The van der Waals surface area contributed by atoms with Crippen LogP contribution in [0.1, 0.15) is 11.4 Å². The molecule has 0 saturated heterocycles. The van der Waals surface area contributed by atoms with Crippen LogP contribution in [0.4, 0.5) is 0 Å². The van der Waals surface area contributed by atoms with Crippen molar-refractivity contribution in [2.75, 3.05) is 0 Å². The molecule has 2 aliphatic rings. The minimum atomic E-state index is 1.17. The zero-order valence-corrected chi connectivity index (χ0v) is 5.52. The average molecular weight is 129 g/mol. The number of aromatic amines is 1. The molecular weight excluding hydrogens is 122 g/mol. The second kappa shape index (κ2) is 1.26. The summed E-state index contributed by atoms with van der Waals surface area (Å²) in [6.07, 6.45) is 1.17. The number of benzene rings is 1. The summed E-state index contributed by atoms with van der Waals surface area (Å²) < 4.78 is 0. The molecule has 1 aliphatic carbocycles. The summed E-state index contributed by atoms with van der Waals surface area (Å²) in [7, 11) is 0. The van der Waals surface area contributed by atoms with E-state index in [1.807, 2.05) is 0 Å². The monoisotopic (exact) mass is 129 g/mol. The minimum Gasteiger partial charge on any atom is -0.361 e. The lowest BCUT2D eigenvalue weighted by molar-refractivity contribution is 0.960. The predicted molar refractivity (Wildman–Crippen MR) is 41.1 cm³/mol. The van der Waals surface area contributed by atoms with E-state index >= 15 is 0 Å². The summed E-state index contributed by atoms with van der Waals surface area (Å²) >= 11 is 0. The molecule has 10 heavy (non-hydrogen) atoms. The van der Waals surface area contributed by atoms with E-state index in [1.165, 1.54) is 28.6 Å². The zero-order chi connectivity index (χ0) is 6.55. The minimum absolute atomic E-state index is 1.17. The Hall–Kier alpha value is -1.24. The van der Waals surface area contributed by atoms with Gasteiger partial charge in [0.1, 0.15) is 0 Å². The lowest BCUT2D eigenvalue weighted by Crippen LogP contribution is -1.96. The highest BCUT2D eigenvalue weighted by Gasteiger charge is 2.18. The topological polar surface area (TPSA) is 15.8 Å². The molecule has 1 aromatic carbocycles. The fourth-order valence-corrected chi connectivity index (χ4v) is 1.68. The lowest BCUT2D eigenvalue weighted by atomic mass is 10.2. The maximum absolute atomic E-state index is 3.32. The predicted octanol–water partition coefficient (Wildman–Crippen LogP) is 2.07. The summed E-state index contributed by atoms with van der Waals surface area (Å²) in [5, 5.41) is 2.83. The Morgan fingerprint density at radius 1 is 1.00 bits per heavy atom. The van der Waals surface area contributed by atoms with Crippen LogP contribution < -0.4 is 0 Å². The van der Waals surface area contributed by atoms with Gasteiger partial charge in [-0.3, -0.25) is 0 Å². The molecule has 0 radical (unpaired) electrons. The Morgan fingerprint density at radius 3 is 2.00 bits per heavy atom. The molecule has 1 aromatic heterocycles. The quantitative estimate of drug-likeness (QED) is 0.478. The van der Waals surface area contributed by atoms with E-state index < -0.39 is 0 Å². The Labute approximate surface area is 58.7 Å². The summed E-state index contributed by atoms with van der Waals surface area (Å²) in [6.45, 7) is 0. The first-order valence-electron chi connectivity index (χ1n) is 3.53. The van der Waals surface area contributed by atoms with E-state index in [4.69, 9.17) is 0 Å². The molecule has 1 N–H and O–H groups in total. The Kier molecular flexibility index (Phi) is 0.575. The van der Waals surface area contributed by atoms with Gasteiger partial charge in [-0.05, 0) is 0 Å². The number of nitrogens with one attached hydrogen (secondary N) is 1. The fourth-order valence-electron chi connectivity index (χ4n) is 1.68. The molecule has 0 fully saturated rings. The van der Waals surface area contributed by atoms with Gasteiger partial charge in [-0.15, -0.1) is 0 Å². The third-order valence-electron chi connectivity index (χ3n) is 2.23. The molecule has 0 unspecified atom stereocenters. The van der Waals surface area contributed by atoms with Crippen LogP contribution in [0.5, 0.6) is 0 Å². The van der Waals surface area contributed by atoms with Gasteiger partial charge < -0.3 is 4.98 Å². The first-order valence-corrected chi connectivity index (χ1v) is 3.53. The second-order valence-electron chi connectivity index (χ2n) is 2.80. The van der Waals surface area contributed by atoms with Crippen molar-refractivity contribution >= 4 is 10.8 Å². The van der Waals surface area contributed by atoms with Crippen LogP contribution in [0, 0.1) is 0 Å². The number of H-pyrrole nitrogens is 1. The number of rotatable bonds is 0. The van der Waals surface area contributed by atoms with Crippen molar-refractivity contribution < 1.29 is 0 Å². The van der Waals surface area contributed by atoms with Gasteiger partial charge in [0.05, 0.1) is 0 Å². The molecule has 0 atom stereocenters. The Morgan fingerprint density at radius 2 is 1.50 bits per heavy atom. The van der Waals surface area contributed by atoms with Crippen LogP contribution in [-0.2, 0) is 6.42 Å². The third-order valence-corrected chi connectivity index (χ3v) is 2.23. The van der Waals surface area contributed by atoms with Gasteiger partial charge in [-0.2, -0.15) is 0 Å². The molecular formula is C9H7N. The van der Waals surface area contributed by atoms with E-state index in [2.05, 4.69) is 29.2 Å². The average Bonchev–Trinajstić information content (AvgIpc) is 2.36. The SMILES string of the molecule is c1ccc2c3[nH]c(c2c1)C3. The fraction of sp³-hybridized carbons (Fsp3) is 0.111. The van der Waals surface area contributed by atoms with Gasteiger partial charge in [0.2, 0.25) is 0 Å². The normalized spacial score (nSPS) is 13.6. The highest BCUT2D eigenvalue weighted by Crippen LogP contribution is 2.32. The van der Waals surface area contributed by atoms with Gasteiger partial charge in [0, 0.05) is 28.6 Å². The van der Waals surface area contributed by atoms with E-state index in [-0.39, 0.29) is 0 Å². The molecule has 4 rings (SSSR count). The first-order chi connectivity index (χ1) is 4.95. The van der Waals surface area contributed by atoms with E-state index in [1.54, 1.807) is 0 Å². The van der Waals surface area contributed by atoms with Gasteiger partial charge in [-0.1, -0.05) is 24.3 Å². The molecule has 48 valence electrons. The van der Waals surface area contributed by atoms with Crippen molar-refractivity contribution in [3.63, 3.8) is 0 Å². The van der Waals surface area contributed by atoms with E-state index in [9.17, 15) is 0 Å². The largest absolute Gasteiger partial charge is 0.361 e. The van der Waals surface area contributed by atoms with Gasteiger partial charge in [-0.25, -0.2) is 0 Å². The summed E-state index contributed by atoms with van der Waals surface area (Å²) in [5.41, 5.74) is 2.82. The lowest BCUT2D eigenvalue weighted by Gasteiger charge is -2.02. The first kappa shape index (κ1) is 4.56. The molecule has 2 heterocycles. The van der Waals surface area contributed by atoms with Crippen molar-refractivity contribution in [3.05, 3.63) is 35.7 Å². The third kappa shape index (κ3) is 0.338. The van der Waals surface area contributed by atoms with Crippen molar-refractivity contribution in [1.82, 2.24) is 4.98 Å². The molecule has 2 bridgehead atoms. The second-order valence-corrected chi connectivity index (χ2v) is 2.80. The Balaban J connectivity index is 2.67. The molecule has 1 heteroatoms. The van der Waals surface area contributed by atoms with E-state index in [0.29, 0.717) is 0 Å². The van der Waals surface area contributed by atoms with Crippen LogP contribution in [0.3, 0.4) is 0 Å². The number of aromatic nitrogens is 1. The molecule has 0 saturated carbocycles. The van der Waals surface area contributed by atoms with Crippen LogP contribution in [0.25, 0.3) is 10.8 Å². The van der Waals surface area contributed by atoms with Crippen molar-refractivity contribution in [3.8, 4) is 0 Å². The number of hydrogen-bond donors (Lipinski definition) is 1. The molecule has 1 aliphatic heterocycles. The maximum Gasteiger partial charge on any atom is 0.0291 e. The molecule has 0 amide bonds. The van der Waals surface area contributed by atoms with Crippen LogP contribution in [0.2, 0.25) is 0 Å². The van der Waals surface area contributed by atoms with Crippen molar-refractivity contribution in [1.29, 1.82) is 0 Å². The number of hydrogen-bond acceptors (Lipinski definition) is 0. The molecule has 2 aromatic rings. The maximum atomic E-state index is 3.32. The highest BCUT2D eigenvalue weighted by molar-refractivity contribution is 5.92. The van der Waals surface area contributed by atoms with Gasteiger partial charge >= 0.3 is 0 Å². The highest BCUT2D eigenvalue weighted by atomic mass is 14.8. The Bertz CT molecular complexity index is 362. The summed E-state index contributed by atoms with van der Waals surface area (Å²) in [4.78, 5) is 3.32. The summed E-state index contributed by atoms with van der Waals surface area (Å²) in [6, 6.07) is 8.54. The van der Waals surface area contributed by atoms with Crippen molar-refractivity contribution in [2.45, 2.75) is 6.42 Å². The van der Waals surface area contributed by atoms with Crippen LogP contribution in [0.15, 0.2) is 24.3 Å². The van der Waals surface area contributed by atoms with Gasteiger partial charge in [0.15, 0.2) is 0 Å². The van der Waals surface area contributed by atoms with Crippen LogP contribution >= 0.6 is 0 Å². The summed E-state index contributed by atoms with van der Waals surface area (Å²) in [5.74, 6) is 0. The van der Waals surface area contributed by atoms with E-state index in [0.717, 1.165) is 0 Å². The molecule has 0 spiro atoms. The smallest absolute Gasteiger partial charge is 0.0291 e. The zero-order valence-electron chi connectivity index (χ0n) is 5.52. The standard InChI is InChI=1S/C9H7N/c1-2-4-7-6(3-1)8-5-9(7)10-8/h1-4,10H,5H2. The van der Waals surface area contributed by atoms with Gasteiger partial charge in [0.25, 0.3) is 0 Å². The molecule has 1 nitrogen and oxygen atoms in total.